The molecular formula is C56H96N14O11P2. The number of hydrogen-bond donors (Lipinski definition) is 8. The van der Waals surface area contributed by atoms with Crippen LogP contribution in [0.5, 0.6) is 0 Å². The Morgan fingerprint density at radius 3 is 1.47 bits per heavy atom. The van der Waals surface area contributed by atoms with Gasteiger partial charge in [-0.1, -0.05) is 168 Å². The zero-order valence-corrected chi connectivity index (χ0v) is 51.0. The maximum absolute atomic E-state index is 15.2. The van der Waals surface area contributed by atoms with E-state index in [0.717, 1.165) is 44.9 Å². The molecular weight excluding hydrogens is 1110 g/mol. The molecule has 0 aliphatic carbocycles. The first kappa shape index (κ1) is 66.4. The van der Waals surface area contributed by atoms with E-state index in [1.807, 2.05) is 0 Å². The van der Waals surface area contributed by atoms with Crippen LogP contribution in [0.1, 0.15) is 206 Å². The number of fused-ring (bicyclic) bond motifs is 4. The zero-order chi connectivity index (χ0) is 58.7. The number of amides is 2. The monoisotopic (exact) mass is 1200 g/mol. The Labute approximate surface area is 490 Å². The minimum atomic E-state index is -4.50. The molecule has 3 aliphatic heterocycles. The lowest BCUT2D eigenvalue weighted by Gasteiger charge is -2.31. The van der Waals surface area contributed by atoms with Crippen molar-refractivity contribution in [3.63, 3.8) is 0 Å². The molecule has 2 amide bonds. The van der Waals surface area contributed by atoms with Gasteiger partial charge in [0.2, 0.25) is 11.8 Å². The number of nitrogens with one attached hydrogen (secondary N) is 4. The highest BCUT2D eigenvalue weighted by Crippen LogP contribution is 2.52. The van der Waals surface area contributed by atoms with E-state index < -0.39 is 72.0 Å². The van der Waals surface area contributed by atoms with Gasteiger partial charge in [-0.25, -0.2) is 44.6 Å². The molecule has 3 fully saturated rings. The molecule has 7 heterocycles. The third-order valence-electron chi connectivity index (χ3n) is 15.6. The Morgan fingerprint density at radius 1 is 0.578 bits per heavy atom. The van der Waals surface area contributed by atoms with Crippen LogP contribution in [0.2, 0.25) is 0 Å². The normalized spacial score (nSPS) is 24.8. The van der Waals surface area contributed by atoms with Crippen molar-refractivity contribution in [2.45, 2.75) is 243 Å². The van der Waals surface area contributed by atoms with Crippen LogP contribution < -0.4 is 32.3 Å². The summed E-state index contributed by atoms with van der Waals surface area (Å²) in [5.41, 5.74) is 13.4. The maximum atomic E-state index is 15.2. The number of imidazole rings is 2. The predicted molar refractivity (Wildman–Crippen MR) is 318 cm³/mol. The van der Waals surface area contributed by atoms with Crippen molar-refractivity contribution in [2.75, 3.05) is 50.9 Å². The number of nitrogens with zero attached hydrogens (tertiary/aromatic N) is 8. The average molecular weight is 1200 g/mol. The second kappa shape index (κ2) is 36.1. The summed E-state index contributed by atoms with van der Waals surface area (Å²) in [6.07, 6.45) is 27.5. The standard InChI is InChI=1S/C56H96N14O11P2/c1-3-5-7-9-11-13-15-17-19-21-23-25-27-29-43(71)59-31-33-67-82-76-35-41-50(48(74)56(78-41)70-40-66-46-52(58)62-38-64-54(46)70)81-83(75,68-34-32-60-44(72)30-28-26-24-22-20-18-16-14-12-10-8-6-4-2)77-36-42-49(80-82)47(73)55(79-42)69-39-65-45-51(57)61-37-63-53(45)69/h37-42,47-50,55-56,67,73-74H,3-36H2,1-2H3,(H,59,71)(H,60,72)(H,68,75)(H2,57,61,63)(H2,58,62,64). The largest absolute Gasteiger partial charge is 0.406 e. The van der Waals surface area contributed by atoms with Crippen molar-refractivity contribution < 1.29 is 51.9 Å². The topological polar surface area (TPSA) is 334 Å². The van der Waals surface area contributed by atoms with E-state index in [0.29, 0.717) is 12.8 Å². The lowest BCUT2D eigenvalue weighted by molar-refractivity contribution is -0.122. The van der Waals surface area contributed by atoms with Crippen LogP contribution in [-0.4, -0.2) is 137 Å². The summed E-state index contributed by atoms with van der Waals surface area (Å²) in [5, 5.41) is 36.3. The summed E-state index contributed by atoms with van der Waals surface area (Å²) in [7, 11) is -6.65. The van der Waals surface area contributed by atoms with Crippen LogP contribution in [0.25, 0.3) is 22.3 Å². The van der Waals surface area contributed by atoms with E-state index in [1.54, 1.807) is 0 Å². The summed E-state index contributed by atoms with van der Waals surface area (Å²) >= 11 is 0. The van der Waals surface area contributed by atoms with Crippen LogP contribution in [0.4, 0.5) is 11.6 Å². The van der Waals surface area contributed by atoms with Crippen LogP contribution in [0.15, 0.2) is 25.3 Å². The van der Waals surface area contributed by atoms with Crippen molar-refractivity contribution in [3.8, 4) is 0 Å². The first-order valence-electron chi connectivity index (χ1n) is 31.1. The fourth-order valence-electron chi connectivity index (χ4n) is 10.9. The van der Waals surface area contributed by atoms with E-state index in [4.69, 9.17) is 39.0 Å². The number of nitrogens with two attached hydrogens (primary N) is 2. The second-order valence-corrected chi connectivity index (χ2v) is 25.3. The van der Waals surface area contributed by atoms with Gasteiger partial charge in [0.05, 0.1) is 25.9 Å². The van der Waals surface area contributed by atoms with Crippen LogP contribution in [0, 0.1) is 0 Å². The number of aromatic nitrogens is 8. The summed E-state index contributed by atoms with van der Waals surface area (Å²) in [6.45, 7) is 4.18. The Morgan fingerprint density at radius 2 is 1.00 bits per heavy atom. The number of carbonyl (C=O) groups excluding carboxylic acids is 2. The summed E-state index contributed by atoms with van der Waals surface area (Å²) in [6, 6.07) is 0. The molecule has 4 aromatic heterocycles. The van der Waals surface area contributed by atoms with Crippen LogP contribution in [-0.2, 0) is 41.7 Å². The predicted octanol–water partition coefficient (Wildman–Crippen LogP) is 8.87. The maximum Gasteiger partial charge on any atom is 0.406 e. The Bertz CT molecular complexity index is 2570. The minimum absolute atomic E-state index is 0.0533. The van der Waals surface area contributed by atoms with Gasteiger partial charge in [-0.05, 0) is 12.8 Å². The van der Waals surface area contributed by atoms with E-state index in [9.17, 15) is 19.8 Å². The molecule has 3 aliphatic rings. The molecule has 10 N–H and O–H groups in total. The highest BCUT2D eigenvalue weighted by atomic mass is 31.2. The van der Waals surface area contributed by atoms with Crippen molar-refractivity contribution in [2.24, 2.45) is 0 Å². The van der Waals surface area contributed by atoms with Gasteiger partial charge in [-0.3, -0.25) is 27.8 Å². The molecule has 0 saturated carbocycles. The SMILES string of the molecule is CCCCCCCCCCCCCCCC(=O)NCCNP1OCC2OC(n3cnc4c(N)ncnc43)C(O)C2OP(=O)(NCCNC(=O)CCCCCCCCCCCCCCC)OCC2OC(n3cnc4c(N)ncnc43)C(O)C2O1. The van der Waals surface area contributed by atoms with Crippen LogP contribution in [0.3, 0.4) is 0 Å². The molecule has 3 saturated heterocycles. The van der Waals surface area contributed by atoms with Gasteiger partial charge in [0.1, 0.15) is 60.3 Å². The summed E-state index contributed by atoms with van der Waals surface area (Å²) < 4.78 is 56.7. The molecule has 466 valence electrons. The van der Waals surface area contributed by atoms with E-state index in [1.165, 1.54) is 156 Å². The molecule has 0 bridgehead atoms. The molecule has 0 radical (unpaired) electrons. The number of anilines is 2. The minimum Gasteiger partial charge on any atom is -0.386 e. The fourth-order valence-corrected chi connectivity index (χ4v) is 13.7. The Hall–Kier alpha value is -4.10. The third-order valence-corrected chi connectivity index (χ3v) is 18.6. The molecule has 4 aromatic rings. The van der Waals surface area contributed by atoms with Crippen molar-refractivity contribution in [1.82, 2.24) is 59.8 Å². The Balaban J connectivity index is 0.973. The highest BCUT2D eigenvalue weighted by molar-refractivity contribution is 7.51. The lowest BCUT2D eigenvalue weighted by Crippen LogP contribution is -2.41. The smallest absolute Gasteiger partial charge is 0.386 e. The zero-order valence-electron chi connectivity index (χ0n) is 49.2. The molecule has 25 nitrogen and oxygen atoms in total. The van der Waals surface area contributed by atoms with Crippen LogP contribution >= 0.6 is 16.3 Å². The number of rotatable bonds is 38. The van der Waals surface area contributed by atoms with E-state index >= 15 is 4.57 Å². The van der Waals surface area contributed by atoms with Gasteiger partial charge < -0.3 is 50.8 Å². The molecule has 27 heteroatoms. The molecule has 83 heavy (non-hydrogen) atoms. The van der Waals surface area contributed by atoms with Gasteiger partial charge in [0.25, 0.3) is 8.53 Å². The second-order valence-electron chi connectivity index (χ2n) is 22.3. The Kier molecular flexibility index (Phi) is 28.9. The average Bonchev–Trinajstić information content (AvgIpc) is 2.85. The molecule has 0 aromatic carbocycles. The summed E-state index contributed by atoms with van der Waals surface area (Å²) in [4.78, 5) is 51.4. The number of aliphatic hydroxyl groups excluding tert-OH is 2. The number of carbonyl (C=O) groups is 2. The van der Waals surface area contributed by atoms with Crippen molar-refractivity contribution >= 4 is 62.1 Å². The lowest BCUT2D eigenvalue weighted by atomic mass is 10.0. The number of ether oxygens (including phenoxy) is 2. The van der Waals surface area contributed by atoms with Gasteiger partial charge in [-0.2, -0.15) is 0 Å². The number of nitrogen functional groups attached to an aromatic ring is 2. The van der Waals surface area contributed by atoms with E-state index in [-0.39, 0.29) is 78.6 Å². The van der Waals surface area contributed by atoms with Gasteiger partial charge in [-0.15, -0.1) is 0 Å². The molecule has 0 spiro atoms. The fraction of sp³-hybridized carbons (Fsp3) is 0.786. The van der Waals surface area contributed by atoms with E-state index in [2.05, 4.69) is 64.6 Å². The first-order chi connectivity index (χ1) is 40.5. The number of hydrogen-bond acceptors (Lipinski definition) is 20. The van der Waals surface area contributed by atoms with Crippen molar-refractivity contribution in [1.29, 1.82) is 0 Å². The third kappa shape index (κ3) is 20.8. The number of aliphatic hydroxyl groups is 2. The molecule has 10 atom stereocenters. The first-order valence-corrected chi connectivity index (χ1v) is 33.8. The van der Waals surface area contributed by atoms with Gasteiger partial charge >= 0.3 is 7.75 Å². The van der Waals surface area contributed by atoms with Gasteiger partial charge in [0.15, 0.2) is 35.4 Å². The van der Waals surface area contributed by atoms with Crippen molar-refractivity contribution in [3.05, 3.63) is 25.3 Å². The quantitative estimate of drug-likeness (QED) is 0.0153. The number of unbranched alkanes of at least 4 members (excludes halogenated alkanes) is 24. The molecule has 10 unspecified atom stereocenters. The van der Waals surface area contributed by atoms with Gasteiger partial charge in [0, 0.05) is 39.0 Å². The molecule has 7 rings (SSSR count). The highest BCUT2D eigenvalue weighted by Gasteiger charge is 2.53. The summed E-state index contributed by atoms with van der Waals surface area (Å²) in [5.74, 6) is 0.0389.